The second-order valence-corrected chi connectivity index (χ2v) is 4.70. The second-order valence-electron chi connectivity index (χ2n) is 4.70. The third-order valence-electron chi connectivity index (χ3n) is 3.25. The first-order valence-electron chi connectivity index (χ1n) is 6.46. The zero-order valence-corrected chi connectivity index (χ0v) is 11.7. The molecular formula is C13H18N4O3. The van der Waals surface area contributed by atoms with Crippen molar-refractivity contribution in [1.29, 1.82) is 0 Å². The Balaban J connectivity index is 2.07. The van der Waals surface area contributed by atoms with Gasteiger partial charge < -0.3 is 14.5 Å². The van der Waals surface area contributed by atoms with E-state index in [1.54, 1.807) is 12.3 Å². The highest BCUT2D eigenvalue weighted by atomic mass is 16.5. The molecule has 0 radical (unpaired) electrons. The number of ketones is 1. The Morgan fingerprint density at radius 2 is 2.00 bits per heavy atom. The van der Waals surface area contributed by atoms with Gasteiger partial charge in [0.05, 0.1) is 7.11 Å². The average Bonchev–Trinajstić information content (AvgIpc) is 2.48. The molecule has 1 aliphatic heterocycles. The number of hydrogen-bond acceptors (Lipinski definition) is 7. The third-order valence-corrected chi connectivity index (χ3v) is 3.25. The molecule has 7 nitrogen and oxygen atoms in total. The first-order valence-corrected chi connectivity index (χ1v) is 6.46. The Morgan fingerprint density at radius 1 is 1.30 bits per heavy atom. The topological polar surface area (TPSA) is 75.6 Å². The second kappa shape index (κ2) is 6.42. The molecule has 0 N–H and O–H groups in total. The maximum atomic E-state index is 11.8. The number of rotatable bonds is 4. The minimum atomic E-state index is -0.580. The lowest BCUT2D eigenvalue weighted by atomic mass is 10.2. The number of carbonyl (C=O) groups is 2. The number of piperazine rings is 1. The van der Waals surface area contributed by atoms with E-state index in [2.05, 4.69) is 31.6 Å². The molecule has 0 saturated carbocycles. The van der Waals surface area contributed by atoms with E-state index in [-0.39, 0.29) is 12.2 Å². The normalized spacial score (nSPS) is 16.0. The van der Waals surface area contributed by atoms with Gasteiger partial charge in [-0.2, -0.15) is 0 Å². The number of likely N-dealkylation sites (N-methyl/N-ethyl adjacent to an activating group) is 1. The van der Waals surface area contributed by atoms with Crippen molar-refractivity contribution in [3.63, 3.8) is 0 Å². The van der Waals surface area contributed by atoms with Crippen LogP contribution in [0.5, 0.6) is 0 Å². The van der Waals surface area contributed by atoms with Crippen LogP contribution in [0.15, 0.2) is 12.3 Å². The lowest BCUT2D eigenvalue weighted by Crippen LogP contribution is -2.44. The smallest absolute Gasteiger partial charge is 0.313 e. The van der Waals surface area contributed by atoms with Crippen molar-refractivity contribution in [1.82, 2.24) is 14.9 Å². The molecule has 108 valence electrons. The van der Waals surface area contributed by atoms with Crippen molar-refractivity contribution in [3.8, 4) is 0 Å². The van der Waals surface area contributed by atoms with Crippen LogP contribution in [-0.4, -0.2) is 67.0 Å². The highest BCUT2D eigenvalue weighted by molar-refractivity contribution is 6.03. The minimum Gasteiger partial charge on any atom is -0.469 e. The number of aromatic nitrogens is 2. The molecule has 0 atom stereocenters. The van der Waals surface area contributed by atoms with Crippen molar-refractivity contribution in [2.75, 3.05) is 45.2 Å². The summed E-state index contributed by atoms with van der Waals surface area (Å²) in [5, 5.41) is 0. The average molecular weight is 278 g/mol. The molecule has 0 unspecified atom stereocenters. The molecule has 1 fully saturated rings. The third kappa shape index (κ3) is 3.51. The maximum absolute atomic E-state index is 11.8. The van der Waals surface area contributed by atoms with Crippen LogP contribution in [0.1, 0.15) is 17.0 Å². The lowest BCUT2D eigenvalue weighted by Gasteiger charge is -2.33. The molecule has 2 rings (SSSR count). The standard InChI is InChI=1S/C13H18N4O3/c1-16-5-7-17(8-6-16)11-3-4-14-13(15-11)10(18)9-12(19)20-2/h3-4H,5-9H2,1-2H3. The van der Waals surface area contributed by atoms with Gasteiger partial charge in [0, 0.05) is 32.4 Å². The van der Waals surface area contributed by atoms with E-state index < -0.39 is 11.8 Å². The maximum Gasteiger partial charge on any atom is 0.313 e. The number of hydrogen-bond donors (Lipinski definition) is 0. The summed E-state index contributed by atoms with van der Waals surface area (Å²) in [6.07, 6.45) is 1.22. The number of Topliss-reactive ketones (excluding diaryl/α,β-unsaturated/α-hetero) is 1. The summed E-state index contributed by atoms with van der Waals surface area (Å²) < 4.78 is 4.47. The van der Waals surface area contributed by atoms with Gasteiger partial charge in [-0.25, -0.2) is 9.97 Å². The zero-order chi connectivity index (χ0) is 14.5. The summed E-state index contributed by atoms with van der Waals surface area (Å²) in [6.45, 7) is 3.63. The van der Waals surface area contributed by atoms with Crippen LogP contribution in [0.4, 0.5) is 5.82 Å². The Kier molecular flexibility index (Phi) is 4.62. The van der Waals surface area contributed by atoms with Crippen LogP contribution < -0.4 is 4.90 Å². The first kappa shape index (κ1) is 14.4. The summed E-state index contributed by atoms with van der Waals surface area (Å²) in [7, 11) is 3.32. The van der Waals surface area contributed by atoms with Crippen molar-refractivity contribution >= 4 is 17.6 Å². The SMILES string of the molecule is COC(=O)CC(=O)c1nccc(N2CCN(C)CC2)n1. The summed E-state index contributed by atoms with van der Waals surface area (Å²) in [5.41, 5.74) is 0. The van der Waals surface area contributed by atoms with Crippen LogP contribution in [0.3, 0.4) is 0 Å². The van der Waals surface area contributed by atoms with E-state index in [0.717, 1.165) is 32.0 Å². The molecule has 7 heteroatoms. The van der Waals surface area contributed by atoms with Gasteiger partial charge >= 0.3 is 5.97 Å². The van der Waals surface area contributed by atoms with Crippen LogP contribution in [0, 0.1) is 0 Å². The Bertz CT molecular complexity index is 498. The Hall–Kier alpha value is -2.02. The number of methoxy groups -OCH3 is 1. The fourth-order valence-electron chi connectivity index (χ4n) is 1.98. The van der Waals surface area contributed by atoms with Gasteiger partial charge in [-0.15, -0.1) is 0 Å². The molecule has 20 heavy (non-hydrogen) atoms. The minimum absolute atomic E-state index is 0.0619. The van der Waals surface area contributed by atoms with Gasteiger partial charge in [0.1, 0.15) is 12.2 Å². The van der Waals surface area contributed by atoms with E-state index in [1.165, 1.54) is 7.11 Å². The Labute approximate surface area is 117 Å². The number of carbonyl (C=O) groups excluding carboxylic acids is 2. The van der Waals surface area contributed by atoms with E-state index in [0.29, 0.717) is 0 Å². The van der Waals surface area contributed by atoms with Crippen molar-refractivity contribution in [2.45, 2.75) is 6.42 Å². The largest absolute Gasteiger partial charge is 0.469 e. The Morgan fingerprint density at radius 3 is 2.65 bits per heavy atom. The fraction of sp³-hybridized carbons (Fsp3) is 0.538. The predicted molar refractivity (Wildman–Crippen MR) is 72.7 cm³/mol. The van der Waals surface area contributed by atoms with Gasteiger partial charge in [0.2, 0.25) is 5.78 Å². The van der Waals surface area contributed by atoms with Crippen LogP contribution >= 0.6 is 0 Å². The van der Waals surface area contributed by atoms with Gasteiger partial charge in [0.25, 0.3) is 0 Å². The number of ether oxygens (including phenoxy) is 1. The van der Waals surface area contributed by atoms with Crippen LogP contribution in [-0.2, 0) is 9.53 Å². The molecule has 1 aromatic heterocycles. The predicted octanol–water partition coefficient (Wildman–Crippen LogP) is -0.0258. The van der Waals surface area contributed by atoms with Gasteiger partial charge in [-0.05, 0) is 13.1 Å². The quantitative estimate of drug-likeness (QED) is 0.435. The van der Waals surface area contributed by atoms with E-state index in [1.807, 2.05) is 0 Å². The van der Waals surface area contributed by atoms with Crippen LogP contribution in [0.2, 0.25) is 0 Å². The monoisotopic (exact) mass is 278 g/mol. The van der Waals surface area contributed by atoms with Gasteiger partial charge in [-0.3, -0.25) is 9.59 Å². The van der Waals surface area contributed by atoms with E-state index >= 15 is 0 Å². The summed E-state index contributed by atoms with van der Waals surface area (Å²) >= 11 is 0. The number of nitrogens with zero attached hydrogens (tertiary/aromatic N) is 4. The van der Waals surface area contributed by atoms with Crippen LogP contribution in [0.25, 0.3) is 0 Å². The summed E-state index contributed by atoms with van der Waals surface area (Å²) in [6, 6.07) is 1.78. The molecule has 0 bridgehead atoms. The summed E-state index contributed by atoms with van der Waals surface area (Å²) in [5.74, 6) is -0.218. The van der Waals surface area contributed by atoms with Crippen molar-refractivity contribution in [3.05, 3.63) is 18.1 Å². The molecular weight excluding hydrogens is 260 g/mol. The van der Waals surface area contributed by atoms with Gasteiger partial charge in [-0.1, -0.05) is 0 Å². The molecule has 2 heterocycles. The highest BCUT2D eigenvalue weighted by Gasteiger charge is 2.19. The fourth-order valence-corrected chi connectivity index (χ4v) is 1.98. The van der Waals surface area contributed by atoms with E-state index in [9.17, 15) is 9.59 Å². The van der Waals surface area contributed by atoms with Crippen molar-refractivity contribution in [2.24, 2.45) is 0 Å². The van der Waals surface area contributed by atoms with E-state index in [4.69, 9.17) is 0 Å². The highest BCUT2D eigenvalue weighted by Crippen LogP contribution is 2.13. The molecule has 0 amide bonds. The molecule has 1 aliphatic rings. The molecule has 0 spiro atoms. The number of esters is 1. The summed E-state index contributed by atoms with van der Waals surface area (Å²) in [4.78, 5) is 35.5. The lowest BCUT2D eigenvalue weighted by molar-refractivity contribution is -0.139. The molecule has 1 aromatic rings. The first-order chi connectivity index (χ1) is 9.60. The zero-order valence-electron chi connectivity index (χ0n) is 11.7. The number of anilines is 1. The van der Waals surface area contributed by atoms with Gasteiger partial charge in [0.15, 0.2) is 5.82 Å². The van der Waals surface area contributed by atoms with Crippen molar-refractivity contribution < 1.29 is 14.3 Å². The molecule has 1 saturated heterocycles. The molecule has 0 aliphatic carbocycles. The molecule has 0 aromatic carbocycles.